The molecule has 0 bridgehead atoms. The SMILES string of the molecule is COc1cccc2c1C(=O)c1c(O)c3c(c(O)c1C2=O)C[C@@](O)(C(=O)CO)C[C@@H]3O[C@H]1CC[C@H](O[C@H]2NCCOC2SC2CC(=O)N(CC3CCC(C(=O)ON(C)C(=O)CCC=O)CC3)C2=O)CO1. The van der Waals surface area contributed by atoms with Crippen molar-refractivity contribution >= 4 is 59.1 Å². The van der Waals surface area contributed by atoms with Crippen LogP contribution in [0.15, 0.2) is 18.2 Å². The van der Waals surface area contributed by atoms with Crippen LogP contribution in [0.5, 0.6) is 17.2 Å². The van der Waals surface area contributed by atoms with Crippen molar-refractivity contribution in [1.29, 1.82) is 0 Å². The zero-order valence-corrected chi connectivity index (χ0v) is 38.9. The van der Waals surface area contributed by atoms with Gasteiger partial charge in [0, 0.05) is 75.4 Å². The van der Waals surface area contributed by atoms with E-state index in [2.05, 4.69) is 5.32 Å². The van der Waals surface area contributed by atoms with Gasteiger partial charge in [0.2, 0.25) is 17.6 Å². The summed E-state index contributed by atoms with van der Waals surface area (Å²) < 4.78 is 30.2. The van der Waals surface area contributed by atoms with Crippen LogP contribution in [-0.4, -0.2) is 160 Å². The van der Waals surface area contributed by atoms with Crippen molar-refractivity contribution in [2.75, 3.05) is 47.1 Å². The molecule has 3 heterocycles. The molecule has 3 amide bonds. The van der Waals surface area contributed by atoms with E-state index in [1.165, 1.54) is 49.0 Å². The highest BCUT2D eigenvalue weighted by molar-refractivity contribution is 8.01. The standard InChI is InChI=1S/C47H55N3O18S/c1-49(32(54)7-4-15-51)68-45(61)24-10-8-23(9-11-24)20-50-33(55)17-30(44(50)60)69-46-43(48-14-16-64-46)66-25-12-13-34(65-22-25)67-29-19-47(62,31(53)21-52)18-27-36(29)42(59)38-37(40(27)57)39(56)26-5-3-6-28(63-2)35(26)41(38)58/h3,5-6,15,23-25,29-30,34,43,46,48,52,57,59,62H,4,7-14,16-22H2,1-2H3/t23?,24?,25-,29-,30?,34-,43+,46?,47-/m0/s1. The fourth-order valence-electron chi connectivity index (χ4n) is 10.0. The van der Waals surface area contributed by atoms with Crippen molar-refractivity contribution < 1.29 is 87.3 Å². The highest BCUT2D eigenvalue weighted by Gasteiger charge is 2.50. The zero-order chi connectivity index (χ0) is 49.3. The molecule has 2 aromatic carbocycles. The Morgan fingerprint density at radius 3 is 2.43 bits per heavy atom. The smallest absolute Gasteiger partial charge is 0.335 e. The van der Waals surface area contributed by atoms with Crippen molar-refractivity contribution in [1.82, 2.24) is 15.3 Å². The maximum Gasteiger partial charge on any atom is 0.335 e. The van der Waals surface area contributed by atoms with Gasteiger partial charge in [-0.2, -0.15) is 5.06 Å². The number of hydrogen-bond donors (Lipinski definition) is 5. The van der Waals surface area contributed by atoms with E-state index in [4.69, 9.17) is 28.5 Å². The van der Waals surface area contributed by atoms with Crippen molar-refractivity contribution in [3.05, 3.63) is 51.6 Å². The summed E-state index contributed by atoms with van der Waals surface area (Å²) in [6.45, 7) is -0.102. The Morgan fingerprint density at radius 2 is 1.74 bits per heavy atom. The van der Waals surface area contributed by atoms with E-state index in [-0.39, 0.29) is 84.6 Å². The van der Waals surface area contributed by atoms with Crippen LogP contribution in [0.2, 0.25) is 0 Å². The van der Waals surface area contributed by atoms with Gasteiger partial charge < -0.3 is 53.7 Å². The van der Waals surface area contributed by atoms with Crippen LogP contribution in [0.1, 0.15) is 113 Å². The Balaban J connectivity index is 0.874. The van der Waals surface area contributed by atoms with Crippen LogP contribution in [0.25, 0.3) is 0 Å². The molecule has 7 atom stereocenters. The number of imide groups is 1. The number of aldehydes is 1. The summed E-state index contributed by atoms with van der Waals surface area (Å²) in [5.41, 5.74) is -4.48. The number of thioether (sulfide) groups is 1. The third kappa shape index (κ3) is 10.0. The number of ether oxygens (including phenoxy) is 5. The first kappa shape index (κ1) is 50.1. The Labute approximate surface area is 400 Å². The largest absolute Gasteiger partial charge is 0.507 e. The molecule has 4 fully saturated rings. The van der Waals surface area contributed by atoms with Gasteiger partial charge in [0.1, 0.15) is 47.4 Å². The molecule has 3 saturated heterocycles. The third-order valence-corrected chi connectivity index (χ3v) is 15.1. The first-order chi connectivity index (χ1) is 33.1. The number of ketones is 3. The number of amides is 3. The average Bonchev–Trinajstić information content (AvgIpc) is 3.60. The number of aliphatic hydroxyl groups is 2. The van der Waals surface area contributed by atoms with Gasteiger partial charge in [-0.3, -0.25) is 39.0 Å². The van der Waals surface area contributed by atoms with Gasteiger partial charge in [-0.1, -0.05) is 12.1 Å². The monoisotopic (exact) mass is 981 g/mol. The van der Waals surface area contributed by atoms with Crippen molar-refractivity contribution in [2.24, 2.45) is 11.8 Å². The number of phenolic OH excluding ortho intramolecular Hbond substituents is 2. The number of morpholine rings is 1. The lowest BCUT2D eigenvalue weighted by atomic mass is 9.72. The summed E-state index contributed by atoms with van der Waals surface area (Å²) in [6.07, 6.45) is -1.56. The Hall–Kier alpha value is -5.33. The molecule has 6 aliphatic rings. The first-order valence-corrected chi connectivity index (χ1v) is 23.9. The molecule has 5 N–H and O–H groups in total. The van der Waals surface area contributed by atoms with Gasteiger partial charge in [-0.05, 0) is 44.1 Å². The first-order valence-electron chi connectivity index (χ1n) is 23.0. The number of aromatic hydroxyl groups is 2. The molecule has 2 unspecified atom stereocenters. The number of methoxy groups -OCH3 is 1. The van der Waals surface area contributed by atoms with Crippen LogP contribution < -0.4 is 10.1 Å². The molecule has 2 aromatic rings. The molecule has 0 radical (unpaired) electrons. The van der Waals surface area contributed by atoms with E-state index >= 15 is 0 Å². The fourth-order valence-corrected chi connectivity index (χ4v) is 11.3. The molecule has 0 spiro atoms. The minimum atomic E-state index is -2.30. The topological polar surface area (TPSA) is 291 Å². The second-order valence-electron chi connectivity index (χ2n) is 18.1. The highest BCUT2D eigenvalue weighted by atomic mass is 32.2. The lowest BCUT2D eigenvalue weighted by Crippen LogP contribution is -2.52. The molecule has 3 aliphatic carbocycles. The highest BCUT2D eigenvalue weighted by Crippen LogP contribution is 2.52. The van der Waals surface area contributed by atoms with E-state index in [9.17, 15) is 58.8 Å². The summed E-state index contributed by atoms with van der Waals surface area (Å²) in [5.74, 6) is -6.05. The molecular weight excluding hydrogens is 927 g/mol. The van der Waals surface area contributed by atoms with E-state index in [1.54, 1.807) is 0 Å². The Morgan fingerprint density at radius 1 is 0.986 bits per heavy atom. The number of nitrogens with zero attached hydrogens (tertiary/aromatic N) is 2. The minimum Gasteiger partial charge on any atom is -0.507 e. The van der Waals surface area contributed by atoms with Crippen LogP contribution in [0.3, 0.4) is 0 Å². The van der Waals surface area contributed by atoms with Crippen molar-refractivity contribution in [2.45, 2.75) is 112 Å². The van der Waals surface area contributed by atoms with Gasteiger partial charge in [0.05, 0.1) is 60.4 Å². The van der Waals surface area contributed by atoms with Crippen LogP contribution in [0, 0.1) is 11.8 Å². The van der Waals surface area contributed by atoms with E-state index < -0.39 is 118 Å². The maximum atomic E-state index is 14.0. The Bertz CT molecular complexity index is 2400. The number of fused-ring (bicyclic) bond motifs is 3. The molecular formula is C47H55N3O18S. The number of carbonyl (C=O) groups excluding carboxylic acids is 8. The molecule has 22 heteroatoms. The summed E-state index contributed by atoms with van der Waals surface area (Å²) in [6, 6.07) is 4.35. The summed E-state index contributed by atoms with van der Waals surface area (Å²) in [4.78, 5) is 109. The van der Waals surface area contributed by atoms with E-state index in [1.807, 2.05) is 0 Å². The number of likely N-dealkylation sites (tertiary alicyclic amines) is 1. The quantitative estimate of drug-likeness (QED) is 0.0625. The number of benzene rings is 2. The molecule has 21 nitrogen and oxygen atoms in total. The molecule has 3 aliphatic heterocycles. The van der Waals surface area contributed by atoms with Gasteiger partial charge in [0.25, 0.3) is 5.91 Å². The molecule has 69 heavy (non-hydrogen) atoms. The molecule has 8 rings (SSSR count). The number of aliphatic hydroxyl groups excluding tert-OH is 1. The molecule has 0 aromatic heterocycles. The van der Waals surface area contributed by atoms with Crippen LogP contribution in [0.4, 0.5) is 0 Å². The second kappa shape index (κ2) is 20.9. The van der Waals surface area contributed by atoms with E-state index in [0.29, 0.717) is 51.5 Å². The number of hydroxylamine groups is 2. The number of Topliss-reactive ketones (excluding diaryl/α,β-unsaturated/α-hetero) is 1. The molecule has 1 saturated carbocycles. The Kier molecular flexibility index (Phi) is 15.2. The second-order valence-corrected chi connectivity index (χ2v) is 19.4. The molecule has 372 valence electrons. The average molecular weight is 982 g/mol. The minimum absolute atomic E-state index is 0.0184. The van der Waals surface area contributed by atoms with Crippen molar-refractivity contribution in [3.63, 3.8) is 0 Å². The number of nitrogens with one attached hydrogen (secondary N) is 1. The van der Waals surface area contributed by atoms with Gasteiger partial charge in [-0.15, -0.1) is 11.8 Å². The van der Waals surface area contributed by atoms with Crippen molar-refractivity contribution in [3.8, 4) is 17.2 Å². The fraction of sp³-hybridized carbons (Fsp3) is 0.574. The summed E-state index contributed by atoms with van der Waals surface area (Å²) in [7, 11) is 2.64. The predicted octanol–water partition coefficient (Wildman–Crippen LogP) is 1.53. The van der Waals surface area contributed by atoms with Gasteiger partial charge in [0.15, 0.2) is 17.9 Å². The zero-order valence-electron chi connectivity index (χ0n) is 38.0. The van der Waals surface area contributed by atoms with Crippen LogP contribution in [-0.2, 0) is 59.0 Å². The van der Waals surface area contributed by atoms with E-state index in [0.717, 1.165) is 5.06 Å². The number of hydrogen-bond acceptors (Lipinski definition) is 20. The summed E-state index contributed by atoms with van der Waals surface area (Å²) in [5, 5.41) is 48.3. The number of carbonyl (C=O) groups is 8. The normalized spacial score (nSPS) is 28.9. The van der Waals surface area contributed by atoms with Gasteiger partial charge in [-0.25, -0.2) is 4.79 Å². The van der Waals surface area contributed by atoms with Crippen LogP contribution >= 0.6 is 11.8 Å². The third-order valence-electron chi connectivity index (χ3n) is 13.7. The summed E-state index contributed by atoms with van der Waals surface area (Å²) >= 11 is 1.19. The predicted molar refractivity (Wildman–Crippen MR) is 237 cm³/mol. The lowest BCUT2D eigenvalue weighted by Gasteiger charge is -2.41. The number of rotatable bonds is 15. The maximum absolute atomic E-state index is 14.0. The van der Waals surface area contributed by atoms with Gasteiger partial charge >= 0.3 is 5.97 Å². The lowest BCUT2D eigenvalue weighted by molar-refractivity contribution is -0.235. The number of phenols is 2.